The van der Waals surface area contributed by atoms with E-state index < -0.39 is 5.97 Å². The number of hydrogen-bond acceptors (Lipinski definition) is 2. The summed E-state index contributed by atoms with van der Waals surface area (Å²) in [5.41, 5.74) is 2.20. The van der Waals surface area contributed by atoms with Crippen LogP contribution in [0.4, 0.5) is 0 Å². The average Bonchev–Trinajstić information content (AvgIpc) is 3.04. The van der Waals surface area contributed by atoms with Crippen LogP contribution in [0, 0.1) is 18.8 Å². The number of carboxylic acids is 1. The van der Waals surface area contributed by atoms with Crippen LogP contribution >= 0.6 is 0 Å². The van der Waals surface area contributed by atoms with Crippen LogP contribution in [0.15, 0.2) is 24.3 Å². The van der Waals surface area contributed by atoms with E-state index in [-0.39, 0.29) is 23.3 Å². The number of rotatable bonds is 4. The Morgan fingerprint density at radius 3 is 2.29 bits per heavy atom. The molecule has 1 aromatic carbocycles. The molecule has 2 aliphatic rings. The SMILES string of the molecule is Cc1cccc(C2(NC(=O)C3CCC(C(=O)O)CC3)CCCC2)c1. The maximum absolute atomic E-state index is 12.8. The molecule has 4 heteroatoms. The van der Waals surface area contributed by atoms with Crippen LogP contribution in [0.25, 0.3) is 0 Å². The first-order valence-electron chi connectivity index (χ1n) is 9.12. The Kier molecular flexibility index (Phi) is 4.93. The molecule has 2 aliphatic carbocycles. The number of benzene rings is 1. The molecule has 1 amide bonds. The summed E-state index contributed by atoms with van der Waals surface area (Å²) in [7, 11) is 0. The molecule has 0 aliphatic heterocycles. The van der Waals surface area contributed by atoms with Crippen LogP contribution in [0.3, 0.4) is 0 Å². The number of amides is 1. The van der Waals surface area contributed by atoms with Gasteiger partial charge in [0.2, 0.25) is 5.91 Å². The zero-order valence-electron chi connectivity index (χ0n) is 14.4. The van der Waals surface area contributed by atoms with Gasteiger partial charge in [0.05, 0.1) is 11.5 Å². The van der Waals surface area contributed by atoms with Gasteiger partial charge >= 0.3 is 5.97 Å². The molecule has 0 spiro atoms. The zero-order chi connectivity index (χ0) is 17.2. The van der Waals surface area contributed by atoms with Gasteiger partial charge in [0, 0.05) is 5.92 Å². The zero-order valence-corrected chi connectivity index (χ0v) is 14.4. The third-order valence-electron chi connectivity index (χ3n) is 5.84. The molecule has 0 heterocycles. The summed E-state index contributed by atoms with van der Waals surface area (Å²) in [6, 6.07) is 8.46. The van der Waals surface area contributed by atoms with Crippen molar-refractivity contribution in [1.29, 1.82) is 0 Å². The van der Waals surface area contributed by atoms with Crippen LogP contribution in [0.2, 0.25) is 0 Å². The molecule has 0 unspecified atom stereocenters. The molecule has 4 nitrogen and oxygen atoms in total. The third-order valence-corrected chi connectivity index (χ3v) is 5.84. The molecular formula is C20H27NO3. The Hall–Kier alpha value is -1.84. The molecule has 0 saturated heterocycles. The lowest BCUT2D eigenvalue weighted by Gasteiger charge is -2.34. The molecule has 1 aromatic rings. The maximum Gasteiger partial charge on any atom is 0.306 e. The highest BCUT2D eigenvalue weighted by Gasteiger charge is 2.39. The molecule has 3 rings (SSSR count). The van der Waals surface area contributed by atoms with Crippen LogP contribution < -0.4 is 5.32 Å². The molecule has 2 saturated carbocycles. The van der Waals surface area contributed by atoms with E-state index in [1.54, 1.807) is 0 Å². The Labute approximate surface area is 143 Å². The number of hydrogen-bond donors (Lipinski definition) is 2. The standard InChI is InChI=1S/C20H27NO3/c1-14-5-4-6-17(13-14)20(11-2-3-12-20)21-18(22)15-7-9-16(10-8-15)19(23)24/h4-6,13,15-16H,2-3,7-12H2,1H3,(H,21,22)(H,23,24). The van der Waals surface area contributed by atoms with Gasteiger partial charge in [-0.2, -0.15) is 0 Å². The highest BCUT2D eigenvalue weighted by Crippen LogP contribution is 2.40. The van der Waals surface area contributed by atoms with Gasteiger partial charge in [-0.3, -0.25) is 9.59 Å². The minimum atomic E-state index is -0.721. The predicted molar refractivity (Wildman–Crippen MR) is 92.6 cm³/mol. The lowest BCUT2D eigenvalue weighted by Crippen LogP contribution is -2.47. The Morgan fingerprint density at radius 2 is 1.71 bits per heavy atom. The summed E-state index contributed by atoms with van der Waals surface area (Å²) >= 11 is 0. The summed E-state index contributed by atoms with van der Waals surface area (Å²) in [6.45, 7) is 2.08. The fraction of sp³-hybridized carbons (Fsp3) is 0.600. The second-order valence-electron chi connectivity index (χ2n) is 7.53. The second-order valence-corrected chi connectivity index (χ2v) is 7.53. The molecule has 2 N–H and O–H groups in total. The fourth-order valence-corrected chi connectivity index (χ4v) is 4.35. The summed E-state index contributed by atoms with van der Waals surface area (Å²) in [4.78, 5) is 23.9. The van der Waals surface area contributed by atoms with Gasteiger partial charge in [-0.1, -0.05) is 42.7 Å². The summed E-state index contributed by atoms with van der Waals surface area (Å²) < 4.78 is 0. The minimum Gasteiger partial charge on any atom is -0.481 e. The molecule has 0 bridgehead atoms. The van der Waals surface area contributed by atoms with Gasteiger partial charge in [0.15, 0.2) is 0 Å². The highest BCUT2D eigenvalue weighted by atomic mass is 16.4. The van der Waals surface area contributed by atoms with E-state index in [2.05, 4.69) is 36.5 Å². The van der Waals surface area contributed by atoms with Crippen molar-refractivity contribution in [3.63, 3.8) is 0 Å². The van der Waals surface area contributed by atoms with Crippen molar-refractivity contribution in [3.05, 3.63) is 35.4 Å². The number of carbonyl (C=O) groups excluding carboxylic acids is 1. The van der Waals surface area contributed by atoms with Crippen molar-refractivity contribution in [1.82, 2.24) is 5.32 Å². The van der Waals surface area contributed by atoms with E-state index in [0.717, 1.165) is 25.7 Å². The van der Waals surface area contributed by atoms with Gasteiger partial charge < -0.3 is 10.4 Å². The first-order chi connectivity index (χ1) is 11.5. The van der Waals surface area contributed by atoms with Crippen molar-refractivity contribution < 1.29 is 14.7 Å². The second kappa shape index (κ2) is 6.96. The third kappa shape index (κ3) is 3.47. The topological polar surface area (TPSA) is 66.4 Å². The molecular weight excluding hydrogens is 302 g/mol. The van der Waals surface area contributed by atoms with Gasteiger partial charge in [-0.25, -0.2) is 0 Å². The lowest BCUT2D eigenvalue weighted by atomic mass is 9.80. The van der Waals surface area contributed by atoms with E-state index in [0.29, 0.717) is 25.7 Å². The summed E-state index contributed by atoms with van der Waals surface area (Å²) in [6.07, 6.45) is 6.87. The largest absolute Gasteiger partial charge is 0.481 e. The summed E-state index contributed by atoms with van der Waals surface area (Å²) in [5.74, 6) is -0.919. The van der Waals surface area contributed by atoms with E-state index in [1.165, 1.54) is 11.1 Å². The van der Waals surface area contributed by atoms with E-state index in [4.69, 9.17) is 5.11 Å². The van der Waals surface area contributed by atoms with Crippen molar-refractivity contribution in [2.75, 3.05) is 0 Å². The quantitative estimate of drug-likeness (QED) is 0.883. The fourth-order valence-electron chi connectivity index (χ4n) is 4.35. The lowest BCUT2D eigenvalue weighted by molar-refractivity contribution is -0.144. The smallest absolute Gasteiger partial charge is 0.306 e. The van der Waals surface area contributed by atoms with Gasteiger partial charge in [-0.15, -0.1) is 0 Å². The molecule has 2 fully saturated rings. The van der Waals surface area contributed by atoms with Crippen molar-refractivity contribution in [2.45, 2.75) is 63.8 Å². The normalized spacial score (nSPS) is 26.0. The maximum atomic E-state index is 12.8. The molecule has 0 aromatic heterocycles. The van der Waals surface area contributed by atoms with E-state index >= 15 is 0 Å². The van der Waals surface area contributed by atoms with Gasteiger partial charge in [0.25, 0.3) is 0 Å². The van der Waals surface area contributed by atoms with Crippen LogP contribution in [-0.2, 0) is 15.1 Å². The van der Waals surface area contributed by atoms with Crippen LogP contribution in [0.1, 0.15) is 62.5 Å². The number of nitrogens with one attached hydrogen (secondary N) is 1. The van der Waals surface area contributed by atoms with Crippen LogP contribution in [0.5, 0.6) is 0 Å². The Morgan fingerprint density at radius 1 is 1.08 bits per heavy atom. The van der Waals surface area contributed by atoms with Crippen molar-refractivity contribution >= 4 is 11.9 Å². The number of aliphatic carboxylic acids is 1. The first kappa shape index (κ1) is 17.0. The number of carboxylic acid groups (broad SMARTS) is 1. The Balaban J connectivity index is 1.70. The molecule has 130 valence electrons. The molecule has 0 radical (unpaired) electrons. The van der Waals surface area contributed by atoms with E-state index in [1.807, 2.05) is 0 Å². The predicted octanol–water partition coefficient (Wildman–Crippen LogP) is 3.77. The molecule has 24 heavy (non-hydrogen) atoms. The average molecular weight is 329 g/mol. The van der Waals surface area contributed by atoms with Crippen molar-refractivity contribution in [3.8, 4) is 0 Å². The summed E-state index contributed by atoms with van der Waals surface area (Å²) in [5, 5.41) is 12.5. The van der Waals surface area contributed by atoms with Crippen molar-refractivity contribution in [2.24, 2.45) is 11.8 Å². The number of aryl methyl sites for hydroxylation is 1. The van der Waals surface area contributed by atoms with Gasteiger partial charge in [0.1, 0.15) is 0 Å². The van der Waals surface area contributed by atoms with E-state index in [9.17, 15) is 9.59 Å². The van der Waals surface area contributed by atoms with Gasteiger partial charge in [-0.05, 0) is 51.0 Å². The number of carbonyl (C=O) groups is 2. The van der Waals surface area contributed by atoms with Crippen LogP contribution in [-0.4, -0.2) is 17.0 Å². The highest BCUT2D eigenvalue weighted by molar-refractivity contribution is 5.80. The molecule has 0 atom stereocenters. The first-order valence-corrected chi connectivity index (χ1v) is 9.12. The Bertz CT molecular complexity index is 611. The monoisotopic (exact) mass is 329 g/mol. The minimum absolute atomic E-state index is 0.0390.